The fourth-order valence-electron chi connectivity index (χ4n) is 3.40. The molecule has 0 heterocycles. The van der Waals surface area contributed by atoms with Gasteiger partial charge < -0.3 is 5.41 Å². The molecule has 1 atom stereocenters. The van der Waals surface area contributed by atoms with Crippen LogP contribution in [0.25, 0.3) is 0 Å². The van der Waals surface area contributed by atoms with Gasteiger partial charge in [-0.15, -0.1) is 0 Å². The Labute approximate surface area is 121 Å². The normalized spacial score (nSPS) is 27.4. The van der Waals surface area contributed by atoms with E-state index in [2.05, 4.69) is 13.8 Å². The summed E-state index contributed by atoms with van der Waals surface area (Å²) in [4.78, 5) is 0. The molecule has 112 valence electrons. The predicted octanol–water partition coefficient (Wildman–Crippen LogP) is 6.36. The largest absolute Gasteiger partial charge is 0.310 e. The Kier molecular flexibility index (Phi) is 7.71. The number of rotatable bonds is 1. The zero-order valence-electron chi connectivity index (χ0n) is 13.6. The van der Waals surface area contributed by atoms with E-state index in [4.69, 9.17) is 5.41 Å². The van der Waals surface area contributed by atoms with Crippen LogP contribution in [0.2, 0.25) is 0 Å². The van der Waals surface area contributed by atoms with Crippen LogP contribution in [-0.2, 0) is 0 Å². The topological polar surface area (TPSA) is 23.9 Å². The van der Waals surface area contributed by atoms with E-state index >= 15 is 0 Å². The minimum atomic E-state index is 0.557. The van der Waals surface area contributed by atoms with Crippen molar-refractivity contribution in [3.8, 4) is 0 Å². The van der Waals surface area contributed by atoms with Crippen molar-refractivity contribution in [1.82, 2.24) is 0 Å². The molecule has 0 bridgehead atoms. The highest BCUT2D eigenvalue weighted by Gasteiger charge is 2.17. The van der Waals surface area contributed by atoms with Crippen molar-refractivity contribution in [2.75, 3.05) is 0 Å². The van der Waals surface area contributed by atoms with E-state index in [9.17, 15) is 0 Å². The quantitative estimate of drug-likeness (QED) is 0.533. The van der Waals surface area contributed by atoms with Crippen molar-refractivity contribution in [2.24, 2.45) is 11.3 Å². The molecule has 0 aromatic rings. The SMILES string of the molecule is CC(=N)C1CCCCCCCC(C)(C)CCCCC1. The monoisotopic (exact) mass is 265 g/mol. The molecule has 1 nitrogen and oxygen atoms in total. The Bertz CT molecular complexity index is 254. The lowest BCUT2D eigenvalue weighted by Gasteiger charge is -2.25. The van der Waals surface area contributed by atoms with Crippen LogP contribution in [0.15, 0.2) is 0 Å². The van der Waals surface area contributed by atoms with E-state index in [1.807, 2.05) is 6.92 Å². The molecule has 0 radical (unpaired) electrons. The first kappa shape index (κ1) is 16.7. The van der Waals surface area contributed by atoms with Crippen molar-refractivity contribution in [3.05, 3.63) is 0 Å². The highest BCUT2D eigenvalue weighted by Crippen LogP contribution is 2.31. The molecule has 0 aliphatic heterocycles. The maximum atomic E-state index is 7.92. The van der Waals surface area contributed by atoms with Gasteiger partial charge in [-0.2, -0.15) is 0 Å². The van der Waals surface area contributed by atoms with Gasteiger partial charge in [-0.3, -0.25) is 0 Å². The molecular weight excluding hydrogens is 230 g/mol. The zero-order chi connectivity index (χ0) is 14.1. The predicted molar refractivity (Wildman–Crippen MR) is 86.1 cm³/mol. The molecule has 1 aliphatic rings. The Morgan fingerprint density at radius 1 is 0.789 bits per heavy atom. The fraction of sp³-hybridized carbons (Fsp3) is 0.944. The minimum Gasteiger partial charge on any atom is -0.310 e. The first-order chi connectivity index (χ1) is 9.01. The summed E-state index contributed by atoms with van der Waals surface area (Å²) in [6, 6.07) is 0. The molecule has 0 aromatic heterocycles. The standard InChI is InChI=1S/C18H35N/c1-16(19)17-12-8-5-4-6-10-14-18(2,3)15-11-7-9-13-17/h17,19H,4-15H2,1-3H3. The molecule has 0 aromatic carbocycles. The molecule has 1 aliphatic carbocycles. The van der Waals surface area contributed by atoms with Crippen molar-refractivity contribution in [2.45, 2.75) is 97.8 Å². The van der Waals surface area contributed by atoms with E-state index in [1.165, 1.54) is 77.0 Å². The molecule has 1 unspecified atom stereocenters. The summed E-state index contributed by atoms with van der Waals surface area (Å²) in [6.45, 7) is 6.91. The van der Waals surface area contributed by atoms with Gasteiger partial charge in [-0.25, -0.2) is 0 Å². The van der Waals surface area contributed by atoms with Gasteiger partial charge in [0.25, 0.3) is 0 Å². The van der Waals surface area contributed by atoms with Crippen LogP contribution < -0.4 is 0 Å². The third-order valence-electron chi connectivity index (χ3n) is 4.92. The lowest BCUT2D eigenvalue weighted by atomic mass is 9.81. The van der Waals surface area contributed by atoms with Crippen molar-refractivity contribution in [1.29, 1.82) is 5.41 Å². The second-order valence-corrected chi connectivity index (χ2v) is 7.45. The molecule has 0 amide bonds. The minimum absolute atomic E-state index is 0.557. The van der Waals surface area contributed by atoms with Gasteiger partial charge in [0.15, 0.2) is 0 Å². The molecule has 19 heavy (non-hydrogen) atoms. The van der Waals surface area contributed by atoms with Crippen LogP contribution in [0.1, 0.15) is 97.8 Å². The average Bonchev–Trinajstić information content (AvgIpc) is 2.33. The van der Waals surface area contributed by atoms with Gasteiger partial charge in [-0.1, -0.05) is 65.2 Å². The molecular formula is C18H35N. The highest BCUT2D eigenvalue weighted by atomic mass is 14.4. The lowest BCUT2D eigenvalue weighted by Crippen LogP contribution is -2.12. The number of hydrogen-bond donors (Lipinski definition) is 1. The third-order valence-corrected chi connectivity index (χ3v) is 4.92. The van der Waals surface area contributed by atoms with E-state index < -0.39 is 0 Å². The second kappa shape index (κ2) is 8.76. The lowest BCUT2D eigenvalue weighted by molar-refractivity contribution is 0.279. The molecule has 1 saturated carbocycles. The highest BCUT2D eigenvalue weighted by molar-refractivity contribution is 5.81. The van der Waals surface area contributed by atoms with Crippen LogP contribution in [-0.4, -0.2) is 5.71 Å². The number of nitrogens with one attached hydrogen (secondary N) is 1. The van der Waals surface area contributed by atoms with Gasteiger partial charge in [-0.05, 0) is 43.9 Å². The Morgan fingerprint density at radius 2 is 1.21 bits per heavy atom. The molecule has 1 rings (SSSR count). The van der Waals surface area contributed by atoms with Crippen LogP contribution in [0, 0.1) is 16.7 Å². The summed E-state index contributed by atoms with van der Waals surface area (Å²) < 4.78 is 0. The molecule has 0 saturated heterocycles. The van der Waals surface area contributed by atoms with Crippen molar-refractivity contribution in [3.63, 3.8) is 0 Å². The maximum absolute atomic E-state index is 7.92. The molecule has 0 spiro atoms. The maximum Gasteiger partial charge on any atom is 0.00891 e. The summed E-state index contributed by atoms with van der Waals surface area (Å²) in [5, 5.41) is 7.92. The first-order valence-electron chi connectivity index (χ1n) is 8.56. The first-order valence-corrected chi connectivity index (χ1v) is 8.56. The van der Waals surface area contributed by atoms with E-state index in [0.717, 1.165) is 5.71 Å². The van der Waals surface area contributed by atoms with Gasteiger partial charge in [0.05, 0.1) is 0 Å². The van der Waals surface area contributed by atoms with E-state index in [0.29, 0.717) is 11.3 Å². The number of hydrogen-bond acceptors (Lipinski definition) is 1. The summed E-state index contributed by atoms with van der Waals surface area (Å²) >= 11 is 0. The van der Waals surface area contributed by atoms with Crippen LogP contribution >= 0.6 is 0 Å². The molecule has 1 fully saturated rings. The van der Waals surface area contributed by atoms with Crippen molar-refractivity contribution < 1.29 is 0 Å². The smallest absolute Gasteiger partial charge is 0.00891 e. The fourth-order valence-corrected chi connectivity index (χ4v) is 3.40. The Morgan fingerprint density at radius 3 is 1.74 bits per heavy atom. The summed E-state index contributed by atoms with van der Waals surface area (Å²) in [7, 11) is 0. The van der Waals surface area contributed by atoms with Gasteiger partial charge >= 0.3 is 0 Å². The van der Waals surface area contributed by atoms with Crippen LogP contribution in [0.5, 0.6) is 0 Å². The summed E-state index contributed by atoms with van der Waals surface area (Å²) in [5.74, 6) is 0.580. The summed E-state index contributed by atoms with van der Waals surface area (Å²) in [5.41, 5.74) is 1.48. The average molecular weight is 265 g/mol. The molecule has 1 heteroatoms. The Hall–Kier alpha value is -0.330. The van der Waals surface area contributed by atoms with E-state index in [1.54, 1.807) is 0 Å². The van der Waals surface area contributed by atoms with Crippen LogP contribution in [0.4, 0.5) is 0 Å². The second-order valence-electron chi connectivity index (χ2n) is 7.45. The van der Waals surface area contributed by atoms with Gasteiger partial charge in [0.1, 0.15) is 0 Å². The van der Waals surface area contributed by atoms with E-state index in [-0.39, 0.29) is 0 Å². The Balaban J connectivity index is 2.41. The zero-order valence-corrected chi connectivity index (χ0v) is 13.6. The third kappa shape index (κ3) is 7.74. The molecule has 1 N–H and O–H groups in total. The summed E-state index contributed by atoms with van der Waals surface area (Å²) in [6.07, 6.45) is 16.4. The van der Waals surface area contributed by atoms with Crippen LogP contribution in [0.3, 0.4) is 0 Å². The van der Waals surface area contributed by atoms with Gasteiger partial charge in [0, 0.05) is 5.71 Å². The van der Waals surface area contributed by atoms with Gasteiger partial charge in [0.2, 0.25) is 0 Å². The van der Waals surface area contributed by atoms with Crippen molar-refractivity contribution >= 4 is 5.71 Å².